The predicted octanol–water partition coefficient (Wildman–Crippen LogP) is 1.35. The number of carbonyl (C=O) groups excluding carboxylic acids is 2. The molecule has 0 aromatic heterocycles. The van der Waals surface area contributed by atoms with Crippen LogP contribution in [-0.2, 0) is 13.1 Å². The molecule has 9 nitrogen and oxygen atoms in total. The molecular weight excluding hydrogens is 489 g/mol. The number of methoxy groups -OCH3 is 1. The molecule has 38 heavy (non-hydrogen) atoms. The Morgan fingerprint density at radius 3 is 2.45 bits per heavy atom. The van der Waals surface area contributed by atoms with Crippen molar-refractivity contribution in [2.45, 2.75) is 31.8 Å². The van der Waals surface area contributed by atoms with Crippen LogP contribution in [0.15, 0.2) is 36.4 Å². The highest BCUT2D eigenvalue weighted by Crippen LogP contribution is 2.32. The van der Waals surface area contributed by atoms with Crippen LogP contribution >= 0.6 is 0 Å². The third-order valence-electron chi connectivity index (χ3n) is 7.49. The molecule has 2 saturated heterocycles. The second-order valence-electron chi connectivity index (χ2n) is 9.91. The van der Waals surface area contributed by atoms with Gasteiger partial charge in [0.05, 0.1) is 19.2 Å². The molecule has 3 heterocycles. The minimum atomic E-state index is -1.47. The Morgan fingerprint density at radius 1 is 1.11 bits per heavy atom. The van der Waals surface area contributed by atoms with E-state index in [1.165, 1.54) is 23.6 Å². The van der Waals surface area contributed by atoms with Crippen LogP contribution in [0.5, 0.6) is 5.75 Å². The maximum atomic E-state index is 14.8. The van der Waals surface area contributed by atoms with E-state index in [1.54, 1.807) is 6.07 Å². The van der Waals surface area contributed by atoms with Gasteiger partial charge in [-0.25, -0.2) is 9.18 Å². The van der Waals surface area contributed by atoms with Gasteiger partial charge in [0, 0.05) is 44.8 Å². The Labute approximate surface area is 221 Å². The molecule has 200 valence electrons. The summed E-state index contributed by atoms with van der Waals surface area (Å²) in [7, 11) is 1.34. The summed E-state index contributed by atoms with van der Waals surface area (Å²) in [6.45, 7) is 8.37. The van der Waals surface area contributed by atoms with Crippen LogP contribution in [0.3, 0.4) is 0 Å². The Kier molecular flexibility index (Phi) is 7.25. The first kappa shape index (κ1) is 26.0. The summed E-state index contributed by atoms with van der Waals surface area (Å²) in [5.74, 6) is 4.75. The molecule has 0 aliphatic carbocycles. The van der Waals surface area contributed by atoms with Gasteiger partial charge in [-0.05, 0) is 35.9 Å². The number of ether oxygens (including phenoxy) is 1. The molecule has 3 aliphatic heterocycles. The van der Waals surface area contributed by atoms with Crippen molar-refractivity contribution >= 4 is 11.9 Å². The van der Waals surface area contributed by atoms with Crippen molar-refractivity contribution in [3.05, 3.63) is 64.5 Å². The number of fused-ring (bicyclic) bond motifs is 1. The van der Waals surface area contributed by atoms with Gasteiger partial charge < -0.3 is 30.3 Å². The molecule has 0 spiro atoms. The molecule has 3 N–H and O–H groups in total. The van der Waals surface area contributed by atoms with Crippen molar-refractivity contribution in [1.29, 1.82) is 0 Å². The Balaban J connectivity index is 1.31. The van der Waals surface area contributed by atoms with Crippen molar-refractivity contribution in [2.24, 2.45) is 0 Å². The van der Waals surface area contributed by atoms with Gasteiger partial charge in [-0.1, -0.05) is 37.0 Å². The number of rotatable bonds is 6. The molecular formula is C28H32FN5O4. The number of nitrogens with zero attached hydrogens (tertiary/aromatic N) is 3. The molecule has 0 bridgehead atoms. The summed E-state index contributed by atoms with van der Waals surface area (Å²) >= 11 is 0. The lowest BCUT2D eigenvalue weighted by atomic mass is 9.97. The number of hydrogen-bond acceptors (Lipinski definition) is 6. The molecule has 0 saturated carbocycles. The highest BCUT2D eigenvalue weighted by atomic mass is 19.1. The van der Waals surface area contributed by atoms with E-state index in [-0.39, 0.29) is 24.4 Å². The fourth-order valence-electron chi connectivity index (χ4n) is 5.20. The number of hydrogen-bond donors (Lipinski definition) is 3. The van der Waals surface area contributed by atoms with Crippen LogP contribution in [0, 0.1) is 17.7 Å². The SMILES string of the molecule is CCN1CCN(Cc2ccc(C#CC3(CN4Cc5ccc(OC)c(F)c5C4=O)NC(=O)NC3O)cc2)CC1. The molecule has 3 amide bonds. The first-order chi connectivity index (χ1) is 18.3. The number of piperazine rings is 1. The van der Waals surface area contributed by atoms with Gasteiger partial charge in [0.15, 0.2) is 23.3 Å². The Bertz CT molecular complexity index is 1280. The first-order valence-corrected chi connectivity index (χ1v) is 12.8. The molecule has 10 heteroatoms. The zero-order valence-electron chi connectivity index (χ0n) is 21.6. The second kappa shape index (κ2) is 10.6. The quantitative estimate of drug-likeness (QED) is 0.497. The minimum absolute atomic E-state index is 0.0176. The summed E-state index contributed by atoms with van der Waals surface area (Å²) in [6.07, 6.45) is -1.36. The molecule has 5 rings (SSSR count). The number of carbonyl (C=O) groups is 2. The zero-order valence-corrected chi connectivity index (χ0v) is 21.6. The van der Waals surface area contributed by atoms with Gasteiger partial charge in [0.1, 0.15) is 0 Å². The molecule has 2 fully saturated rings. The molecule has 2 atom stereocenters. The summed E-state index contributed by atoms with van der Waals surface area (Å²) in [6, 6.07) is 10.4. The van der Waals surface area contributed by atoms with Crippen LogP contribution in [0.4, 0.5) is 9.18 Å². The molecule has 2 aromatic rings. The van der Waals surface area contributed by atoms with Crippen LogP contribution in [-0.4, -0.2) is 89.9 Å². The average Bonchev–Trinajstić information content (AvgIpc) is 3.39. The van der Waals surface area contributed by atoms with Crippen molar-refractivity contribution in [3.8, 4) is 17.6 Å². The zero-order chi connectivity index (χ0) is 26.9. The van der Waals surface area contributed by atoms with Gasteiger partial charge >= 0.3 is 6.03 Å². The number of likely N-dealkylation sites (N-methyl/N-ethyl adjacent to an activating group) is 1. The van der Waals surface area contributed by atoms with Crippen LogP contribution in [0.1, 0.15) is 34.0 Å². The second-order valence-corrected chi connectivity index (χ2v) is 9.91. The third-order valence-corrected chi connectivity index (χ3v) is 7.49. The van der Waals surface area contributed by atoms with Crippen molar-refractivity contribution in [1.82, 2.24) is 25.3 Å². The number of benzene rings is 2. The maximum Gasteiger partial charge on any atom is 0.318 e. The monoisotopic (exact) mass is 521 g/mol. The van der Waals surface area contributed by atoms with Crippen molar-refractivity contribution in [2.75, 3.05) is 46.4 Å². The average molecular weight is 522 g/mol. The number of amides is 3. The number of nitrogens with one attached hydrogen (secondary N) is 2. The third kappa shape index (κ3) is 5.05. The number of urea groups is 1. The van der Waals surface area contributed by atoms with Crippen LogP contribution in [0.2, 0.25) is 0 Å². The Morgan fingerprint density at radius 2 is 1.82 bits per heavy atom. The predicted molar refractivity (Wildman–Crippen MR) is 139 cm³/mol. The van der Waals surface area contributed by atoms with Gasteiger partial charge in [-0.2, -0.15) is 0 Å². The molecule has 2 aromatic carbocycles. The smallest absolute Gasteiger partial charge is 0.318 e. The van der Waals surface area contributed by atoms with E-state index in [9.17, 15) is 19.1 Å². The summed E-state index contributed by atoms with van der Waals surface area (Å²) < 4.78 is 19.8. The summed E-state index contributed by atoms with van der Waals surface area (Å²) in [4.78, 5) is 31.5. The van der Waals surface area contributed by atoms with E-state index < -0.39 is 29.5 Å². The van der Waals surface area contributed by atoms with E-state index in [0.29, 0.717) is 11.1 Å². The van der Waals surface area contributed by atoms with Gasteiger partial charge in [-0.15, -0.1) is 0 Å². The number of aliphatic hydroxyl groups is 1. The Hall–Kier alpha value is -3.65. The molecule has 0 radical (unpaired) electrons. The van der Waals surface area contributed by atoms with E-state index in [1.807, 2.05) is 24.3 Å². The van der Waals surface area contributed by atoms with Gasteiger partial charge in [0.2, 0.25) is 0 Å². The number of aliphatic hydroxyl groups excluding tert-OH is 1. The first-order valence-electron chi connectivity index (χ1n) is 12.8. The van der Waals surface area contributed by atoms with E-state index in [2.05, 4.69) is 39.2 Å². The largest absolute Gasteiger partial charge is 0.494 e. The van der Waals surface area contributed by atoms with Crippen molar-refractivity contribution < 1.29 is 23.8 Å². The standard InChI is InChI=1S/C28H32FN5O4/c1-3-32-12-14-33(15-13-32)16-20-6-4-19(5-7-20)10-11-28(26(36)30-27(37)31-28)18-34-17-21-8-9-22(38-2)24(29)23(21)25(34)35/h4-9,26,36H,3,12-18H2,1-2H3,(H2,30,31,37). The van der Waals surface area contributed by atoms with Gasteiger partial charge in [-0.3, -0.25) is 9.69 Å². The summed E-state index contributed by atoms with van der Waals surface area (Å²) in [5, 5.41) is 15.8. The van der Waals surface area contributed by atoms with Gasteiger partial charge in [0.25, 0.3) is 5.91 Å². The van der Waals surface area contributed by atoms with E-state index >= 15 is 0 Å². The topological polar surface area (TPSA) is 97.4 Å². The normalized spacial score (nSPS) is 23.5. The van der Waals surface area contributed by atoms with E-state index in [4.69, 9.17) is 4.74 Å². The lowest BCUT2D eigenvalue weighted by molar-refractivity contribution is 0.0609. The molecule has 2 unspecified atom stereocenters. The van der Waals surface area contributed by atoms with Crippen LogP contribution in [0.25, 0.3) is 0 Å². The fourth-order valence-corrected chi connectivity index (χ4v) is 5.20. The summed E-state index contributed by atoms with van der Waals surface area (Å²) in [5.41, 5.74) is 0.876. The highest BCUT2D eigenvalue weighted by molar-refractivity contribution is 5.99. The maximum absolute atomic E-state index is 14.8. The minimum Gasteiger partial charge on any atom is -0.494 e. The number of halogens is 1. The highest BCUT2D eigenvalue weighted by Gasteiger charge is 2.48. The van der Waals surface area contributed by atoms with Crippen LogP contribution < -0.4 is 15.4 Å². The molecule has 3 aliphatic rings. The lowest BCUT2D eigenvalue weighted by Gasteiger charge is -2.34. The fraction of sp³-hybridized carbons (Fsp3) is 0.429. The van der Waals surface area contributed by atoms with E-state index in [0.717, 1.165) is 39.3 Å². The van der Waals surface area contributed by atoms with Crippen molar-refractivity contribution in [3.63, 3.8) is 0 Å². The lowest BCUT2D eigenvalue weighted by Crippen LogP contribution is -2.56.